The Bertz CT molecular complexity index is 831. The molecule has 0 unspecified atom stereocenters. The Morgan fingerprint density at radius 2 is 2.00 bits per heavy atom. The fraction of sp³-hybridized carbons (Fsp3) is 0.125. The second-order valence-electron chi connectivity index (χ2n) is 4.55. The van der Waals surface area contributed by atoms with Gasteiger partial charge in [0.1, 0.15) is 11.4 Å². The molecule has 1 aromatic carbocycles. The zero-order chi connectivity index (χ0) is 14.8. The van der Waals surface area contributed by atoms with Crippen LogP contribution in [0.2, 0.25) is 5.02 Å². The SMILES string of the molecule is COc1ccc(-c2nc3ccc(Cl)cn3c2CC#N)cc1. The van der Waals surface area contributed by atoms with Gasteiger partial charge >= 0.3 is 0 Å². The van der Waals surface area contributed by atoms with Crippen LogP contribution in [0, 0.1) is 11.3 Å². The van der Waals surface area contributed by atoms with Crippen LogP contribution in [-0.4, -0.2) is 16.5 Å². The maximum atomic E-state index is 9.08. The highest BCUT2D eigenvalue weighted by atomic mass is 35.5. The summed E-state index contributed by atoms with van der Waals surface area (Å²) in [5.41, 5.74) is 3.35. The normalized spacial score (nSPS) is 10.5. The number of rotatable bonds is 3. The molecule has 0 aliphatic rings. The van der Waals surface area contributed by atoms with Crippen LogP contribution in [0.5, 0.6) is 5.75 Å². The van der Waals surface area contributed by atoms with Crippen molar-refractivity contribution in [3.63, 3.8) is 0 Å². The lowest BCUT2D eigenvalue weighted by Crippen LogP contribution is -1.93. The topological polar surface area (TPSA) is 50.3 Å². The van der Waals surface area contributed by atoms with Gasteiger partial charge in [0.05, 0.1) is 36.0 Å². The molecule has 0 bridgehead atoms. The molecular formula is C16H12ClN3O. The van der Waals surface area contributed by atoms with E-state index in [2.05, 4.69) is 11.1 Å². The van der Waals surface area contributed by atoms with E-state index in [-0.39, 0.29) is 6.42 Å². The summed E-state index contributed by atoms with van der Waals surface area (Å²) in [7, 11) is 1.63. The number of fused-ring (bicyclic) bond motifs is 1. The van der Waals surface area contributed by atoms with Crippen LogP contribution >= 0.6 is 11.6 Å². The molecule has 0 saturated heterocycles. The van der Waals surface area contributed by atoms with Gasteiger partial charge in [0.2, 0.25) is 0 Å². The summed E-state index contributed by atoms with van der Waals surface area (Å²) >= 11 is 6.04. The number of nitrogens with zero attached hydrogens (tertiary/aromatic N) is 3. The molecule has 104 valence electrons. The Labute approximate surface area is 127 Å². The largest absolute Gasteiger partial charge is 0.497 e. The van der Waals surface area contributed by atoms with Crippen molar-refractivity contribution in [2.75, 3.05) is 7.11 Å². The van der Waals surface area contributed by atoms with Crippen molar-refractivity contribution in [1.82, 2.24) is 9.38 Å². The van der Waals surface area contributed by atoms with Crippen LogP contribution in [0.1, 0.15) is 5.69 Å². The van der Waals surface area contributed by atoms with Crippen LogP contribution in [0.3, 0.4) is 0 Å². The highest BCUT2D eigenvalue weighted by Crippen LogP contribution is 2.27. The fourth-order valence-electron chi connectivity index (χ4n) is 2.29. The number of benzene rings is 1. The molecule has 0 radical (unpaired) electrons. The minimum atomic E-state index is 0.267. The number of hydrogen-bond acceptors (Lipinski definition) is 3. The lowest BCUT2D eigenvalue weighted by atomic mass is 10.1. The summed E-state index contributed by atoms with van der Waals surface area (Å²) in [6.07, 6.45) is 2.05. The Balaban J connectivity index is 2.20. The maximum Gasteiger partial charge on any atom is 0.137 e. The predicted octanol–water partition coefficient (Wildman–Crippen LogP) is 3.73. The predicted molar refractivity (Wildman–Crippen MR) is 81.5 cm³/mol. The van der Waals surface area contributed by atoms with Gasteiger partial charge in [-0.05, 0) is 36.4 Å². The summed E-state index contributed by atoms with van der Waals surface area (Å²) in [5.74, 6) is 0.785. The van der Waals surface area contributed by atoms with Gasteiger partial charge in [-0.1, -0.05) is 11.6 Å². The molecular weight excluding hydrogens is 286 g/mol. The first-order chi connectivity index (χ1) is 10.2. The van der Waals surface area contributed by atoms with E-state index in [9.17, 15) is 0 Å². The Hall–Kier alpha value is -2.51. The van der Waals surface area contributed by atoms with Gasteiger partial charge < -0.3 is 9.14 Å². The second-order valence-corrected chi connectivity index (χ2v) is 4.98. The number of imidazole rings is 1. The molecule has 0 atom stereocenters. The van der Waals surface area contributed by atoms with Crippen molar-refractivity contribution < 1.29 is 4.74 Å². The average molecular weight is 298 g/mol. The van der Waals surface area contributed by atoms with Gasteiger partial charge in [-0.25, -0.2) is 4.98 Å². The molecule has 0 N–H and O–H groups in total. The third kappa shape index (κ3) is 2.44. The van der Waals surface area contributed by atoms with Crippen molar-refractivity contribution in [3.05, 3.63) is 53.3 Å². The number of hydrogen-bond donors (Lipinski definition) is 0. The third-order valence-corrected chi connectivity index (χ3v) is 3.51. The summed E-state index contributed by atoms with van der Waals surface area (Å²) in [5, 5.41) is 9.69. The van der Waals surface area contributed by atoms with Crippen LogP contribution in [-0.2, 0) is 6.42 Å². The highest BCUT2D eigenvalue weighted by Gasteiger charge is 2.14. The molecule has 0 aliphatic carbocycles. The van der Waals surface area contributed by atoms with E-state index < -0.39 is 0 Å². The Kier molecular flexibility index (Phi) is 3.51. The minimum absolute atomic E-state index is 0.267. The molecule has 2 heterocycles. The van der Waals surface area contributed by atoms with Gasteiger partial charge in [-0.3, -0.25) is 0 Å². The molecule has 0 fully saturated rings. The van der Waals surface area contributed by atoms with E-state index in [0.717, 1.165) is 28.3 Å². The monoisotopic (exact) mass is 297 g/mol. The Morgan fingerprint density at radius 1 is 1.24 bits per heavy atom. The van der Waals surface area contributed by atoms with E-state index in [0.29, 0.717) is 5.02 Å². The first-order valence-corrected chi connectivity index (χ1v) is 6.78. The van der Waals surface area contributed by atoms with Gasteiger partial charge in [0.25, 0.3) is 0 Å². The molecule has 0 aliphatic heterocycles. The standard InChI is InChI=1S/C16H12ClN3O/c1-21-13-5-2-11(3-6-13)16-14(8-9-18)20-10-12(17)4-7-15(20)19-16/h2-7,10H,8H2,1H3. The summed E-state index contributed by atoms with van der Waals surface area (Å²) in [6.45, 7) is 0. The molecule has 3 rings (SSSR count). The minimum Gasteiger partial charge on any atom is -0.497 e. The van der Waals surface area contributed by atoms with Gasteiger partial charge in [-0.15, -0.1) is 0 Å². The highest BCUT2D eigenvalue weighted by molar-refractivity contribution is 6.30. The second kappa shape index (κ2) is 5.47. The quantitative estimate of drug-likeness (QED) is 0.740. The average Bonchev–Trinajstić information content (AvgIpc) is 2.86. The summed E-state index contributed by atoms with van der Waals surface area (Å²) in [6, 6.07) is 13.4. The van der Waals surface area contributed by atoms with E-state index in [4.69, 9.17) is 21.6 Å². The number of halogens is 1. The molecule has 4 nitrogen and oxygen atoms in total. The van der Waals surface area contributed by atoms with E-state index in [1.165, 1.54) is 0 Å². The van der Waals surface area contributed by atoms with Crippen LogP contribution in [0.4, 0.5) is 0 Å². The summed E-state index contributed by atoms with van der Waals surface area (Å²) in [4.78, 5) is 4.61. The van der Waals surface area contributed by atoms with Crippen molar-refractivity contribution in [3.8, 4) is 23.1 Å². The maximum absolute atomic E-state index is 9.08. The van der Waals surface area contributed by atoms with Crippen molar-refractivity contribution in [2.45, 2.75) is 6.42 Å². The van der Waals surface area contributed by atoms with Gasteiger partial charge in [0.15, 0.2) is 0 Å². The van der Waals surface area contributed by atoms with Crippen LogP contribution in [0.15, 0.2) is 42.6 Å². The number of ether oxygens (including phenoxy) is 1. The van der Waals surface area contributed by atoms with E-state index >= 15 is 0 Å². The van der Waals surface area contributed by atoms with Gasteiger partial charge in [-0.2, -0.15) is 5.26 Å². The third-order valence-electron chi connectivity index (χ3n) is 3.29. The lowest BCUT2D eigenvalue weighted by Gasteiger charge is -2.03. The van der Waals surface area contributed by atoms with Crippen molar-refractivity contribution >= 4 is 17.2 Å². The van der Waals surface area contributed by atoms with Crippen molar-refractivity contribution in [1.29, 1.82) is 5.26 Å². The zero-order valence-corrected chi connectivity index (χ0v) is 12.1. The molecule has 0 spiro atoms. The van der Waals surface area contributed by atoms with Gasteiger partial charge in [0, 0.05) is 11.8 Å². The molecule has 0 amide bonds. The smallest absolute Gasteiger partial charge is 0.137 e. The fourth-order valence-corrected chi connectivity index (χ4v) is 2.45. The first kappa shape index (κ1) is 13.5. The zero-order valence-electron chi connectivity index (χ0n) is 11.4. The van der Waals surface area contributed by atoms with Crippen molar-refractivity contribution in [2.24, 2.45) is 0 Å². The lowest BCUT2D eigenvalue weighted by molar-refractivity contribution is 0.415. The molecule has 2 aromatic heterocycles. The molecule has 5 heteroatoms. The first-order valence-electron chi connectivity index (χ1n) is 6.41. The molecule has 0 saturated carbocycles. The number of methoxy groups -OCH3 is 1. The van der Waals surface area contributed by atoms with E-state index in [1.54, 1.807) is 19.4 Å². The Morgan fingerprint density at radius 3 is 2.67 bits per heavy atom. The number of pyridine rings is 1. The van der Waals surface area contributed by atoms with Crippen LogP contribution < -0.4 is 4.74 Å². The number of aromatic nitrogens is 2. The summed E-state index contributed by atoms with van der Waals surface area (Å²) < 4.78 is 7.03. The van der Waals surface area contributed by atoms with E-state index in [1.807, 2.05) is 34.7 Å². The molecule has 21 heavy (non-hydrogen) atoms. The molecule has 3 aromatic rings. The number of nitriles is 1. The van der Waals surface area contributed by atoms with Crippen LogP contribution in [0.25, 0.3) is 16.9 Å².